The molecule has 6 nitrogen and oxygen atoms in total. The Labute approximate surface area is 311 Å². The number of nitrogens with one attached hydrogen (secondary N) is 2. The Morgan fingerprint density at radius 3 is 1.13 bits per heavy atom. The molecule has 0 radical (unpaired) electrons. The summed E-state index contributed by atoms with van der Waals surface area (Å²) in [4.78, 5) is 32.0. The summed E-state index contributed by atoms with van der Waals surface area (Å²) in [6, 6.07) is 29.3. The Kier molecular flexibility index (Phi) is 9.96. The minimum Gasteiger partial charge on any atom is -0.353 e. The Morgan fingerprint density at radius 1 is 0.462 bits per heavy atom. The van der Waals surface area contributed by atoms with E-state index in [9.17, 15) is 9.59 Å². The second-order valence-corrected chi connectivity index (χ2v) is 17.2. The average molecular weight is 699 g/mol. The maximum absolute atomic E-state index is 13.2. The Hall–Kier alpha value is -3.48. The van der Waals surface area contributed by atoms with Gasteiger partial charge in [0.05, 0.1) is 12.8 Å². The highest BCUT2D eigenvalue weighted by Crippen LogP contribution is 2.54. The molecule has 9 rings (SSSR count). The molecule has 52 heavy (non-hydrogen) atoms. The maximum Gasteiger partial charge on any atom is 0.224 e. The lowest BCUT2D eigenvalue weighted by molar-refractivity contribution is -0.122. The standard InChI is InChI=1S/C46H58N4O2/c51-45(47-35-17-13-31(14-18-35)25-27-49-41-21-22-42(49)38-10-4-3-9-37(38)41)29-33-7-1-2-8-34(33)30-46(52)48-36-19-15-32(16-20-36)26-28-50-43-23-24-44(50)40-12-6-5-11-39(40)43/h1-12,31-32,35-36,41-44H,13-30H2,(H,47,51)(H,48,52). The number of benzene rings is 3. The van der Waals surface area contributed by atoms with E-state index in [2.05, 4.69) is 69.0 Å². The lowest BCUT2D eigenvalue weighted by atomic mass is 9.83. The number of nitrogens with zero attached hydrogens (tertiary/aromatic N) is 2. The van der Waals surface area contributed by atoms with E-state index in [0.717, 1.165) is 48.6 Å². The van der Waals surface area contributed by atoms with Gasteiger partial charge in [0.1, 0.15) is 0 Å². The van der Waals surface area contributed by atoms with Crippen LogP contribution >= 0.6 is 0 Å². The summed E-state index contributed by atoms with van der Waals surface area (Å²) in [6.45, 7) is 2.40. The maximum atomic E-state index is 13.2. The first kappa shape index (κ1) is 34.3. The lowest BCUT2D eigenvalue weighted by Gasteiger charge is -2.31. The third-order valence-corrected chi connectivity index (χ3v) is 14.3. The van der Waals surface area contributed by atoms with Crippen molar-refractivity contribution in [2.75, 3.05) is 13.1 Å². The molecule has 4 unspecified atom stereocenters. The molecule has 2 saturated carbocycles. The lowest BCUT2D eigenvalue weighted by Crippen LogP contribution is -2.39. The zero-order chi connectivity index (χ0) is 35.0. The van der Waals surface area contributed by atoms with Gasteiger partial charge in [-0.3, -0.25) is 19.4 Å². The van der Waals surface area contributed by atoms with Crippen molar-refractivity contribution in [1.82, 2.24) is 20.4 Å². The summed E-state index contributed by atoms with van der Waals surface area (Å²) in [5.74, 6) is 1.70. The van der Waals surface area contributed by atoms with Gasteiger partial charge in [-0.2, -0.15) is 0 Å². The Bertz CT molecular complexity index is 1550. The van der Waals surface area contributed by atoms with Crippen molar-refractivity contribution in [3.8, 4) is 0 Å². The van der Waals surface area contributed by atoms with Gasteiger partial charge in [0.2, 0.25) is 11.8 Å². The highest BCUT2D eigenvalue weighted by atomic mass is 16.2. The number of hydrogen-bond donors (Lipinski definition) is 2. The van der Waals surface area contributed by atoms with Crippen LogP contribution in [0, 0.1) is 11.8 Å². The summed E-state index contributed by atoms with van der Waals surface area (Å²) in [5.41, 5.74) is 8.26. The van der Waals surface area contributed by atoms with Crippen LogP contribution in [0.4, 0.5) is 0 Å². The fraction of sp³-hybridized carbons (Fsp3) is 0.565. The number of amides is 2. The topological polar surface area (TPSA) is 64.7 Å². The third-order valence-electron chi connectivity index (χ3n) is 14.3. The van der Waals surface area contributed by atoms with Crippen LogP contribution in [0.5, 0.6) is 0 Å². The molecule has 4 aliphatic heterocycles. The molecule has 0 spiro atoms. The van der Waals surface area contributed by atoms with E-state index in [-0.39, 0.29) is 23.9 Å². The predicted octanol–water partition coefficient (Wildman–Crippen LogP) is 8.69. The number of carbonyl (C=O) groups is 2. The van der Waals surface area contributed by atoms with E-state index in [1.165, 1.54) is 77.3 Å². The normalized spacial score (nSPS) is 30.6. The van der Waals surface area contributed by atoms with Crippen LogP contribution in [-0.4, -0.2) is 46.8 Å². The molecule has 6 aliphatic rings. The number of fused-ring (bicyclic) bond motifs is 10. The molecule has 2 amide bonds. The predicted molar refractivity (Wildman–Crippen MR) is 207 cm³/mol. The number of hydrogen-bond acceptors (Lipinski definition) is 4. The molecule has 4 heterocycles. The zero-order valence-corrected chi connectivity index (χ0v) is 31.0. The summed E-state index contributed by atoms with van der Waals surface area (Å²) in [5, 5.41) is 6.72. The molecule has 4 bridgehead atoms. The molecule has 3 aromatic carbocycles. The van der Waals surface area contributed by atoms with Gasteiger partial charge in [0.25, 0.3) is 0 Å². The highest BCUT2D eigenvalue weighted by Gasteiger charge is 2.44. The van der Waals surface area contributed by atoms with Crippen LogP contribution < -0.4 is 10.6 Å². The summed E-state index contributed by atoms with van der Waals surface area (Å²) >= 11 is 0. The van der Waals surface area contributed by atoms with Gasteiger partial charge in [-0.05, 0) is 148 Å². The fourth-order valence-corrected chi connectivity index (χ4v) is 11.6. The van der Waals surface area contributed by atoms with Crippen LogP contribution in [0.1, 0.15) is 147 Å². The molecular formula is C46H58N4O2. The van der Waals surface area contributed by atoms with Gasteiger partial charge in [-0.25, -0.2) is 0 Å². The molecule has 4 fully saturated rings. The van der Waals surface area contributed by atoms with Gasteiger partial charge in [-0.15, -0.1) is 0 Å². The van der Waals surface area contributed by atoms with Gasteiger partial charge in [0.15, 0.2) is 0 Å². The first-order valence-electron chi connectivity index (χ1n) is 20.9. The van der Waals surface area contributed by atoms with Gasteiger partial charge < -0.3 is 10.6 Å². The first-order chi connectivity index (χ1) is 25.6. The van der Waals surface area contributed by atoms with E-state index in [1.54, 1.807) is 22.3 Å². The van der Waals surface area contributed by atoms with Crippen LogP contribution in [0.25, 0.3) is 0 Å². The molecule has 6 heteroatoms. The number of carbonyl (C=O) groups excluding carboxylic acids is 2. The van der Waals surface area contributed by atoms with E-state index in [0.29, 0.717) is 37.0 Å². The van der Waals surface area contributed by atoms with Crippen molar-refractivity contribution in [3.63, 3.8) is 0 Å². The third kappa shape index (κ3) is 6.98. The van der Waals surface area contributed by atoms with Crippen molar-refractivity contribution >= 4 is 11.8 Å². The van der Waals surface area contributed by atoms with Crippen LogP contribution in [-0.2, 0) is 22.4 Å². The molecule has 0 aromatic heterocycles. The molecule has 2 aliphatic carbocycles. The average Bonchev–Trinajstić information content (AvgIpc) is 3.93. The van der Waals surface area contributed by atoms with Gasteiger partial charge >= 0.3 is 0 Å². The SMILES string of the molecule is O=C(Cc1ccccc1CC(=O)NC1CCC(CCN2C3CCC2c2ccccc23)CC1)NC1CCC(CCN2C3CCC2c2ccccc23)CC1. The van der Waals surface area contributed by atoms with Crippen LogP contribution in [0.3, 0.4) is 0 Å². The van der Waals surface area contributed by atoms with Crippen molar-refractivity contribution in [1.29, 1.82) is 0 Å². The molecule has 3 aromatic rings. The Balaban J connectivity index is 0.681. The molecule has 4 atom stereocenters. The largest absolute Gasteiger partial charge is 0.353 e. The number of rotatable bonds is 12. The molecular weight excluding hydrogens is 641 g/mol. The summed E-state index contributed by atoms with van der Waals surface area (Å²) < 4.78 is 0. The summed E-state index contributed by atoms with van der Waals surface area (Å²) in [6.07, 6.45) is 17.6. The van der Waals surface area contributed by atoms with Crippen LogP contribution in [0.2, 0.25) is 0 Å². The minimum absolute atomic E-state index is 0.0897. The zero-order valence-electron chi connectivity index (χ0n) is 31.0. The van der Waals surface area contributed by atoms with E-state index < -0.39 is 0 Å². The quantitative estimate of drug-likeness (QED) is 0.199. The monoisotopic (exact) mass is 698 g/mol. The molecule has 2 N–H and O–H groups in total. The fourth-order valence-electron chi connectivity index (χ4n) is 11.6. The second-order valence-electron chi connectivity index (χ2n) is 17.2. The van der Waals surface area contributed by atoms with Crippen molar-refractivity contribution in [2.45, 2.75) is 139 Å². The first-order valence-corrected chi connectivity index (χ1v) is 20.9. The van der Waals surface area contributed by atoms with E-state index in [1.807, 2.05) is 24.3 Å². The van der Waals surface area contributed by atoms with Crippen molar-refractivity contribution in [3.05, 3.63) is 106 Å². The highest BCUT2D eigenvalue weighted by molar-refractivity contribution is 5.82. The Morgan fingerprint density at radius 2 is 0.788 bits per heavy atom. The van der Waals surface area contributed by atoms with Crippen molar-refractivity contribution < 1.29 is 9.59 Å². The second kappa shape index (κ2) is 15.1. The minimum atomic E-state index is 0.0897. The van der Waals surface area contributed by atoms with Gasteiger partial charge in [0, 0.05) is 36.3 Å². The smallest absolute Gasteiger partial charge is 0.224 e. The van der Waals surface area contributed by atoms with Gasteiger partial charge in [-0.1, -0.05) is 72.8 Å². The van der Waals surface area contributed by atoms with Crippen LogP contribution in [0.15, 0.2) is 72.8 Å². The molecule has 2 saturated heterocycles. The van der Waals surface area contributed by atoms with Crippen molar-refractivity contribution in [2.24, 2.45) is 11.8 Å². The van der Waals surface area contributed by atoms with E-state index in [4.69, 9.17) is 0 Å². The molecule has 274 valence electrons. The summed E-state index contributed by atoms with van der Waals surface area (Å²) in [7, 11) is 0. The van der Waals surface area contributed by atoms with E-state index >= 15 is 0 Å².